The van der Waals surface area contributed by atoms with Crippen LogP contribution in [0.4, 0.5) is 10.7 Å². The number of hydrogen-bond donors (Lipinski definition) is 18. The number of aliphatic imine (C=N–C) groups is 1. The number of primary amides is 1. The number of Topliss-reactive ketones (excluding diaryl/α,β-unsaturated/α-hetero) is 5. The highest BCUT2D eigenvalue weighted by molar-refractivity contribution is 8.76. The number of aryl methyl sites for hydroxylation is 2. The number of carboxylic acid groups (broad SMARTS) is 1. The zero-order chi connectivity index (χ0) is 108. The summed E-state index contributed by atoms with van der Waals surface area (Å²) >= 11 is 0.944. The van der Waals surface area contributed by atoms with E-state index in [1.54, 1.807) is 58.9 Å². The third kappa shape index (κ3) is 43.0. The lowest BCUT2D eigenvalue weighted by molar-refractivity contribution is -0.193. The molecule has 3 aromatic heterocycles. The highest BCUT2D eigenvalue weighted by Crippen LogP contribution is 2.35. The number of ketones is 5. The van der Waals surface area contributed by atoms with Crippen LogP contribution in [-0.4, -0.2) is 292 Å². The number of aromatic nitrogens is 5. The molecule has 784 valence electrons. The van der Waals surface area contributed by atoms with Crippen LogP contribution in [0.3, 0.4) is 0 Å². The second-order valence-corrected chi connectivity index (χ2v) is 36.9. The SMILES string of the molecule is CC(=O)[C@H](C)NC(=O)CC[C@H](CC(=O)c1ccc(CCc2cnc3nc(N)[nH]c(=O)c3n2)cc1)C(=O)O.CCC(C)[C@@H]1NC(=O)CNC(=O)[C@@H]2Cc3c([nH]c4cc(O)ccc34)SC[C@@H](NC(=O)CCC1=O)C(=O)N[C@@H](CC(N)=O)C(=O)N1C[C@H](O)C[C@H]1C(=O)C[C@@H]([C@@H](C)[C@@H](O)COC(=O)OCCSSCCNC(=O)[C@H](C)CC(=O)[C@H](C)NC(=O)[C@@H](CC)CCCN=C(N)N)C(=O)N2.O=C=O.O=C=O.O=C=O.O=C=O. The van der Waals surface area contributed by atoms with Gasteiger partial charge in [0.15, 0.2) is 46.0 Å². The molecule has 0 saturated carbocycles. The zero-order valence-electron chi connectivity index (χ0n) is 79.9. The number of ether oxygens (including phenoxy) is 2. The van der Waals surface area contributed by atoms with Crippen LogP contribution < -0.4 is 71.0 Å². The Hall–Kier alpha value is -14.6. The molecule has 2 bridgehead atoms. The summed E-state index contributed by atoms with van der Waals surface area (Å²) in [4.78, 5) is 326. The van der Waals surface area contributed by atoms with E-state index in [1.165, 1.54) is 59.8 Å². The lowest BCUT2D eigenvalue weighted by Gasteiger charge is -2.32. The molecule has 5 aromatic rings. The van der Waals surface area contributed by atoms with Crippen molar-refractivity contribution < 1.29 is 150 Å². The lowest BCUT2D eigenvalue weighted by atomic mass is 9.83. The van der Waals surface area contributed by atoms with Gasteiger partial charge in [-0.15, -0.1) is 11.8 Å². The van der Waals surface area contributed by atoms with Crippen molar-refractivity contribution in [3.8, 4) is 5.75 Å². The summed E-state index contributed by atoms with van der Waals surface area (Å²) in [5, 5.41) is 64.4. The Morgan fingerprint density at radius 2 is 1.38 bits per heavy atom. The van der Waals surface area contributed by atoms with Crippen molar-refractivity contribution in [3.63, 3.8) is 0 Å². The summed E-state index contributed by atoms with van der Waals surface area (Å²) in [6.45, 7) is 11.2. The summed E-state index contributed by atoms with van der Waals surface area (Å²) in [5.41, 5.74) is 24.2. The first-order chi connectivity index (χ1) is 68.2. The molecular weight excluding hydrogens is 1960 g/mol. The van der Waals surface area contributed by atoms with Gasteiger partial charge < -0.3 is 105 Å². The van der Waals surface area contributed by atoms with Crippen LogP contribution in [0.25, 0.3) is 22.1 Å². The van der Waals surface area contributed by atoms with Crippen molar-refractivity contribution in [2.24, 2.45) is 57.7 Å². The van der Waals surface area contributed by atoms with Gasteiger partial charge in [0.25, 0.3) is 5.56 Å². The van der Waals surface area contributed by atoms with Crippen molar-refractivity contribution in [2.45, 2.75) is 218 Å². The molecule has 54 heteroatoms. The second-order valence-electron chi connectivity index (χ2n) is 33.1. The van der Waals surface area contributed by atoms with Gasteiger partial charge in [0, 0.05) is 117 Å². The first-order valence-corrected chi connectivity index (χ1v) is 48.5. The number of aromatic hydroxyl groups is 1. The van der Waals surface area contributed by atoms with Crippen LogP contribution in [0.1, 0.15) is 166 Å². The van der Waals surface area contributed by atoms with Gasteiger partial charge in [-0.25, -0.2) is 14.8 Å². The minimum atomic E-state index is -1.78. The van der Waals surface area contributed by atoms with Crippen molar-refractivity contribution in [1.82, 2.24) is 72.4 Å². The number of carboxylic acids is 1. The first kappa shape index (κ1) is 124. The minimum Gasteiger partial charge on any atom is -0.508 e. The van der Waals surface area contributed by atoms with Crippen LogP contribution in [0.2, 0.25) is 0 Å². The minimum absolute atomic E-state index is 0.0205. The average Bonchev–Trinajstić information content (AvgIpc) is 1.73. The number of phenolic OH excluding ortho intramolecular Hbond substituents is 1. The summed E-state index contributed by atoms with van der Waals surface area (Å²) in [6.07, 6.45) is -2.33. The van der Waals surface area contributed by atoms with Crippen LogP contribution in [0, 0.1) is 35.5 Å². The number of aliphatic hydroxyl groups excluding tert-OH is 2. The average molecular weight is 2080 g/mol. The normalized spacial score (nSPS) is 18.7. The molecule has 51 nitrogen and oxygen atoms in total. The Bertz CT molecular complexity index is 5490. The number of nitrogens with one attached hydrogen (secondary N) is 10. The summed E-state index contributed by atoms with van der Waals surface area (Å²) < 4.78 is 10.5. The number of phenols is 1. The van der Waals surface area contributed by atoms with Crippen molar-refractivity contribution in [2.75, 3.05) is 62.4 Å². The summed E-state index contributed by atoms with van der Waals surface area (Å²) in [7, 11) is 2.65. The van der Waals surface area contributed by atoms with E-state index in [-0.39, 0.29) is 157 Å². The predicted molar refractivity (Wildman–Crippen MR) is 506 cm³/mol. The van der Waals surface area contributed by atoms with Gasteiger partial charge >= 0.3 is 36.7 Å². The van der Waals surface area contributed by atoms with E-state index in [2.05, 4.69) is 72.4 Å². The smallest absolute Gasteiger partial charge is 0.508 e. The molecule has 1 unspecified atom stereocenters. The van der Waals surface area contributed by atoms with Crippen LogP contribution in [-0.2, 0) is 139 Å². The molecule has 15 atom stereocenters. The molecule has 0 radical (unpaired) electrons. The van der Waals surface area contributed by atoms with Gasteiger partial charge in [-0.1, -0.05) is 86.9 Å². The molecule has 10 amide bonds. The third-order valence-electron chi connectivity index (χ3n) is 22.7. The van der Waals surface area contributed by atoms with Crippen molar-refractivity contribution in [3.05, 3.63) is 81.4 Å². The molecule has 0 aliphatic carbocycles. The molecule has 3 aliphatic heterocycles. The summed E-state index contributed by atoms with van der Waals surface area (Å²) in [5.74, 6) is -16.4. The largest absolute Gasteiger partial charge is 0.508 e. The quantitative estimate of drug-likeness (QED) is 0.00513. The molecule has 0 spiro atoms. The van der Waals surface area contributed by atoms with E-state index in [4.69, 9.17) is 70.8 Å². The number of rotatable bonds is 38. The monoisotopic (exact) mass is 2070 g/mol. The van der Waals surface area contributed by atoms with Gasteiger partial charge in [0.05, 0.1) is 83.6 Å². The van der Waals surface area contributed by atoms with Gasteiger partial charge in [-0.2, -0.15) is 43.3 Å². The van der Waals surface area contributed by atoms with Gasteiger partial charge in [0.1, 0.15) is 37.1 Å². The molecule has 2 aromatic carbocycles. The number of fused-ring (bicyclic) bond motifs is 6. The number of carbonyl (C=O) groups excluding carboxylic acids is 24. The number of guanidine groups is 1. The number of H-pyrrole nitrogens is 2. The maximum absolute atomic E-state index is 15.1. The maximum Gasteiger partial charge on any atom is 0.508 e. The van der Waals surface area contributed by atoms with Crippen LogP contribution in [0.15, 0.2) is 63.5 Å². The van der Waals surface area contributed by atoms with Crippen molar-refractivity contribution in [1.29, 1.82) is 0 Å². The topological polar surface area (TPSA) is 829 Å². The molecular formula is C90H119N19O32S3. The zero-order valence-corrected chi connectivity index (χ0v) is 82.4. The lowest BCUT2D eigenvalue weighted by Crippen LogP contribution is -2.57. The highest BCUT2D eigenvalue weighted by atomic mass is 33.1. The van der Waals surface area contributed by atoms with Gasteiger partial charge in [0.2, 0.25) is 65.0 Å². The fourth-order valence-corrected chi connectivity index (χ4v) is 17.4. The molecule has 1 fully saturated rings. The number of aliphatic carboxylic acids is 1. The number of anilines is 1. The standard InChI is InChI=1S/C61H91N13O18S3.C25H28N6O6.4CO2/c1-7-30(3)52-45(77)13-14-50(82)69-43-29-93-58-39(37-12-11-35(75)21-40(37)72-58)23-41(56(87)67-26-51(83)73-52)70-55(86)38(24-47(79)44-22-36(76)27-74(44)59(89)42(25-49(62)81)71-57(43)88)32(5)48(80)28-92-61(90)91-17-19-95-94-18-16-65-53(84)31(4)20-46(78)33(6)68-54(85)34(8-2)10-9-15-66-60(63)64;1-13(14(2)32)28-20(34)10-8-17(24(36)37)11-19(33)16-6-3-15(4-7-16)5-9-18-12-27-22-21(29-18)23(35)31-25(26)30-22;4*2-1-3/h11-12,21,30-34,36,38,41-44,48,52,72,75-76,80H,7-10,13-20,22-29H2,1-6H3,(H2,62,81)(H,65,84)(H,67,87)(H,68,85)(H,69,82)(H,70,86)(H,71,88)(H,73,83)(H4,63,64,66);3-4,6-7,12-13,17H,5,8-11H2,1-2H3,(H,28,34)(H,36,37)(H3,26,27,30,31,35);;;;/t30?,31-,32-,33+,34+,36-,38+,41+,42+,43-,44+,48+,52+;13-,17+;;;;/m10..../s1. The van der Waals surface area contributed by atoms with Crippen LogP contribution in [0.5, 0.6) is 5.75 Å². The number of benzene rings is 2. The number of thioether (sulfide) groups is 1. The van der Waals surface area contributed by atoms with E-state index in [0.29, 0.717) is 78.5 Å². The Morgan fingerprint density at radius 1 is 0.715 bits per heavy atom. The Morgan fingerprint density at radius 3 is 2.00 bits per heavy atom. The number of aromatic amines is 2. The number of amides is 10. The third-order valence-corrected chi connectivity index (χ3v) is 26.2. The molecule has 144 heavy (non-hydrogen) atoms. The van der Waals surface area contributed by atoms with Gasteiger partial charge in [-0.05, 0) is 94.4 Å². The van der Waals surface area contributed by atoms with Crippen LogP contribution >= 0.6 is 33.3 Å². The summed E-state index contributed by atoms with van der Waals surface area (Å²) in [6, 6.07) is 1.99. The number of aliphatic hydroxyl groups is 2. The van der Waals surface area contributed by atoms with Gasteiger partial charge in [-0.3, -0.25) is 91.5 Å². The first-order valence-electron chi connectivity index (χ1n) is 45.0. The number of nitrogens with zero attached hydrogens (tertiary/aromatic N) is 5. The Labute approximate surface area is 834 Å². The molecule has 1 saturated heterocycles. The Balaban J connectivity index is 0.000000891. The Kier molecular flexibility index (Phi) is 55.5. The highest BCUT2D eigenvalue weighted by Gasteiger charge is 2.46. The fraction of sp³-hybridized carbons (Fsp3) is 0.533. The van der Waals surface area contributed by atoms with E-state index in [0.717, 1.165) is 22.2 Å². The van der Waals surface area contributed by atoms with E-state index in [1.807, 2.05) is 6.92 Å². The predicted octanol–water partition coefficient (Wildman–Crippen LogP) is -1.88. The number of carbonyl (C=O) groups is 17. The number of nitrogens with two attached hydrogens (primary N) is 4. The maximum atomic E-state index is 15.1. The second kappa shape index (κ2) is 64.7. The van der Waals surface area contributed by atoms with E-state index in [9.17, 15) is 102 Å². The molecule has 8 rings (SSSR count). The number of hydrogen-bond acceptors (Lipinski definition) is 39. The number of nitrogen functional groups attached to an aromatic ring is 1. The molecule has 22 N–H and O–H groups in total. The van der Waals surface area contributed by atoms with E-state index < -0.39 is 206 Å². The molecule has 3 aliphatic rings. The van der Waals surface area contributed by atoms with E-state index >= 15 is 4.79 Å². The molecule has 6 heterocycles. The fourth-order valence-electron chi connectivity index (χ4n) is 14.6. The van der Waals surface area contributed by atoms with Crippen molar-refractivity contribution >= 4 is 192 Å².